The van der Waals surface area contributed by atoms with Crippen molar-refractivity contribution in [1.82, 2.24) is 0 Å². The minimum atomic E-state index is -0.485. The molecule has 2 heterocycles. The summed E-state index contributed by atoms with van der Waals surface area (Å²) in [6.07, 6.45) is 0. The van der Waals surface area contributed by atoms with Crippen LogP contribution in [0.15, 0.2) is 336 Å². The van der Waals surface area contributed by atoms with E-state index in [0.29, 0.717) is 0 Å². The van der Waals surface area contributed by atoms with Crippen LogP contribution in [0.2, 0.25) is 0 Å². The van der Waals surface area contributed by atoms with E-state index < -0.39 is 10.8 Å². The van der Waals surface area contributed by atoms with Gasteiger partial charge >= 0.3 is 0 Å². The molecule has 2 aliphatic carbocycles. The lowest BCUT2D eigenvalue weighted by atomic mass is 9.68. The summed E-state index contributed by atoms with van der Waals surface area (Å²) in [5.41, 5.74) is 23.8. The molecule has 88 heavy (non-hydrogen) atoms. The Bertz CT molecular complexity index is 4950. The fourth-order valence-corrected chi connectivity index (χ4v) is 15.4. The van der Waals surface area contributed by atoms with Crippen molar-refractivity contribution in [3.05, 3.63) is 372 Å². The minimum absolute atomic E-state index is 0.485. The molecule has 4 nitrogen and oxygen atoms in total. The molecule has 0 saturated heterocycles. The second-order valence-electron chi connectivity index (χ2n) is 23.4. The van der Waals surface area contributed by atoms with Gasteiger partial charge in [0.1, 0.15) is 22.3 Å². The SMILES string of the molecule is c1ccc(N(c2ccc(C3(c4ccccc4)c4ccccc4-c4ccccc43)cc2)c2ccc3c(c2)oc2ccc4c(ccc5oc6cc(N(c7ccccc7)c7ccc(C8(c9ccccc9)c9ccccc9-c9ccccc98)cc7)ccc6c54)c23)cc1. The first kappa shape index (κ1) is 49.9. The van der Waals surface area contributed by atoms with E-state index in [1.165, 1.54) is 66.8 Å². The molecule has 0 saturated carbocycles. The number of hydrogen-bond donors (Lipinski definition) is 0. The van der Waals surface area contributed by atoms with Crippen LogP contribution < -0.4 is 9.80 Å². The van der Waals surface area contributed by atoms with E-state index >= 15 is 0 Å². The normalized spacial score (nSPS) is 13.4. The van der Waals surface area contributed by atoms with Gasteiger partial charge in [0, 0.05) is 67.8 Å². The highest BCUT2D eigenvalue weighted by molar-refractivity contribution is 6.27. The minimum Gasteiger partial charge on any atom is -0.456 e. The molecule has 14 aromatic carbocycles. The average Bonchev–Trinajstić information content (AvgIpc) is 1.69. The molecule has 2 aliphatic rings. The first-order valence-electron chi connectivity index (χ1n) is 30.3. The Morgan fingerprint density at radius 1 is 0.205 bits per heavy atom. The smallest absolute Gasteiger partial charge is 0.137 e. The second-order valence-corrected chi connectivity index (χ2v) is 23.4. The summed E-state index contributed by atoms with van der Waals surface area (Å²) in [5, 5.41) is 6.53. The van der Waals surface area contributed by atoms with Crippen molar-refractivity contribution in [2.75, 3.05) is 9.80 Å². The summed E-state index contributed by atoms with van der Waals surface area (Å²) in [4.78, 5) is 4.67. The summed E-state index contributed by atoms with van der Waals surface area (Å²) in [6.45, 7) is 0. The van der Waals surface area contributed by atoms with Crippen LogP contribution in [0.4, 0.5) is 34.1 Å². The van der Waals surface area contributed by atoms with Crippen LogP contribution in [0, 0.1) is 0 Å². The molecular weight excluding hydrogens is 1070 g/mol. The first-order chi connectivity index (χ1) is 43.6. The monoisotopic (exact) mass is 1120 g/mol. The van der Waals surface area contributed by atoms with Crippen LogP contribution in [-0.4, -0.2) is 0 Å². The fourth-order valence-electron chi connectivity index (χ4n) is 15.4. The molecule has 0 amide bonds. The van der Waals surface area contributed by atoms with Gasteiger partial charge in [-0.3, -0.25) is 0 Å². The Balaban J connectivity index is 0.721. The maximum Gasteiger partial charge on any atom is 0.137 e. The lowest BCUT2D eigenvalue weighted by molar-refractivity contribution is 0.668. The van der Waals surface area contributed by atoms with Gasteiger partial charge in [-0.25, -0.2) is 0 Å². The number of para-hydroxylation sites is 2. The van der Waals surface area contributed by atoms with Crippen LogP contribution in [0.1, 0.15) is 44.5 Å². The number of nitrogens with zero attached hydrogens (tertiary/aromatic N) is 2. The molecule has 0 N–H and O–H groups in total. The Morgan fingerprint density at radius 2 is 0.477 bits per heavy atom. The van der Waals surface area contributed by atoms with Crippen molar-refractivity contribution in [3.63, 3.8) is 0 Å². The van der Waals surface area contributed by atoms with Gasteiger partial charge < -0.3 is 18.6 Å². The molecule has 0 bridgehead atoms. The van der Waals surface area contributed by atoms with Gasteiger partial charge in [-0.15, -0.1) is 0 Å². The molecule has 18 rings (SSSR count). The molecule has 0 aliphatic heterocycles. The molecule has 0 unspecified atom stereocenters. The van der Waals surface area contributed by atoms with E-state index in [-0.39, 0.29) is 0 Å². The largest absolute Gasteiger partial charge is 0.456 e. The van der Waals surface area contributed by atoms with Gasteiger partial charge in [0.15, 0.2) is 0 Å². The van der Waals surface area contributed by atoms with Crippen LogP contribution in [0.25, 0.3) is 76.9 Å². The molecule has 0 fully saturated rings. The van der Waals surface area contributed by atoms with Crippen LogP contribution >= 0.6 is 0 Å². The van der Waals surface area contributed by atoms with Gasteiger partial charge in [-0.1, -0.05) is 218 Å². The third kappa shape index (κ3) is 7.20. The molecule has 0 radical (unpaired) electrons. The average molecular weight is 1120 g/mol. The number of fused-ring (bicyclic) bond motifs is 15. The van der Waals surface area contributed by atoms with E-state index in [4.69, 9.17) is 8.83 Å². The Labute approximate surface area is 509 Å². The Hall–Kier alpha value is -11.5. The van der Waals surface area contributed by atoms with Gasteiger partial charge in [0.05, 0.1) is 10.8 Å². The molecule has 2 aromatic heterocycles. The van der Waals surface area contributed by atoms with Crippen LogP contribution in [0.3, 0.4) is 0 Å². The summed E-state index contributed by atoms with van der Waals surface area (Å²) in [7, 11) is 0. The Kier molecular flexibility index (Phi) is 11.1. The predicted molar refractivity (Wildman–Crippen MR) is 362 cm³/mol. The number of furan rings is 2. The Morgan fingerprint density at radius 3 is 0.830 bits per heavy atom. The summed E-state index contributed by atoms with van der Waals surface area (Å²) >= 11 is 0. The lowest BCUT2D eigenvalue weighted by Crippen LogP contribution is -2.28. The predicted octanol–water partition coefficient (Wildman–Crippen LogP) is 22.3. The van der Waals surface area contributed by atoms with E-state index in [0.717, 1.165) is 88.8 Å². The van der Waals surface area contributed by atoms with E-state index in [9.17, 15) is 0 Å². The molecule has 4 heteroatoms. The molecule has 0 spiro atoms. The number of anilines is 6. The van der Waals surface area contributed by atoms with Crippen molar-refractivity contribution in [2.24, 2.45) is 0 Å². The fraction of sp³-hybridized carbons (Fsp3) is 0.0238. The van der Waals surface area contributed by atoms with Crippen LogP contribution in [0.5, 0.6) is 0 Å². The number of rotatable bonds is 10. The quantitative estimate of drug-likeness (QED) is 0.137. The van der Waals surface area contributed by atoms with E-state index in [1.54, 1.807) is 0 Å². The van der Waals surface area contributed by atoms with Gasteiger partial charge in [-0.05, 0) is 175 Å². The zero-order valence-electron chi connectivity index (χ0n) is 47.9. The molecule has 0 atom stereocenters. The van der Waals surface area contributed by atoms with Gasteiger partial charge in [0.25, 0.3) is 0 Å². The standard InChI is InChI=1S/C84H54N2O2/c1-5-21-55(22-6-1)83(73-33-17-13-29-65(73)66-30-14-18-34-74(66)83)57-37-41-61(42-38-57)85(59-25-9-3-10-26-59)63-45-47-71-79(53-63)87-77-51-49-70-69(81(71)77)50-52-78-82(70)72-48-46-64(54-80(72)88-78)86(60-27-11-4-12-28-60)62-43-39-58(40-44-62)84(56-23-7-2-8-24-56)75-35-19-15-31-67(75)68-32-16-20-36-76(68)84/h1-54H. The highest BCUT2D eigenvalue weighted by Gasteiger charge is 2.47. The van der Waals surface area contributed by atoms with Crippen molar-refractivity contribution in [3.8, 4) is 22.3 Å². The third-order valence-electron chi connectivity index (χ3n) is 19.0. The second kappa shape index (κ2) is 19.5. The van der Waals surface area contributed by atoms with Gasteiger partial charge in [0.2, 0.25) is 0 Å². The molecule has 16 aromatic rings. The highest BCUT2D eigenvalue weighted by atomic mass is 16.3. The lowest BCUT2D eigenvalue weighted by Gasteiger charge is -2.34. The zero-order chi connectivity index (χ0) is 57.9. The number of benzene rings is 14. The maximum absolute atomic E-state index is 6.89. The summed E-state index contributed by atoms with van der Waals surface area (Å²) in [6, 6.07) is 119. The van der Waals surface area contributed by atoms with Gasteiger partial charge in [-0.2, -0.15) is 0 Å². The molecular formula is C84H54N2O2. The number of hydrogen-bond acceptors (Lipinski definition) is 4. The van der Waals surface area contributed by atoms with Crippen molar-refractivity contribution < 1.29 is 8.83 Å². The van der Waals surface area contributed by atoms with E-state index in [2.05, 4.69) is 337 Å². The first-order valence-corrected chi connectivity index (χ1v) is 30.3. The molecule has 412 valence electrons. The topological polar surface area (TPSA) is 32.8 Å². The zero-order valence-corrected chi connectivity index (χ0v) is 47.9. The van der Waals surface area contributed by atoms with Crippen molar-refractivity contribution >= 4 is 88.8 Å². The third-order valence-corrected chi connectivity index (χ3v) is 19.0. The van der Waals surface area contributed by atoms with Crippen LogP contribution in [-0.2, 0) is 10.8 Å². The van der Waals surface area contributed by atoms with Crippen molar-refractivity contribution in [2.45, 2.75) is 10.8 Å². The summed E-state index contributed by atoms with van der Waals surface area (Å²) < 4.78 is 13.8. The van der Waals surface area contributed by atoms with Crippen molar-refractivity contribution in [1.29, 1.82) is 0 Å². The summed E-state index contributed by atoms with van der Waals surface area (Å²) in [5.74, 6) is 0. The van der Waals surface area contributed by atoms with E-state index in [1.807, 2.05) is 0 Å². The maximum atomic E-state index is 6.89. The highest BCUT2D eigenvalue weighted by Crippen LogP contribution is 2.58.